The molecule has 0 aliphatic heterocycles. The maximum absolute atomic E-state index is 13.2. The second-order valence-corrected chi connectivity index (χ2v) is 6.51. The van der Waals surface area contributed by atoms with E-state index in [0.717, 1.165) is 30.1 Å². The number of carboxylic acids is 1. The van der Waals surface area contributed by atoms with Gasteiger partial charge in [-0.25, -0.2) is 9.18 Å². The molecule has 1 N–H and O–H groups in total. The summed E-state index contributed by atoms with van der Waals surface area (Å²) in [6.07, 6.45) is 0.797. The van der Waals surface area contributed by atoms with Crippen molar-refractivity contribution in [2.75, 3.05) is 17.3 Å². The molecule has 1 unspecified atom stereocenters. The summed E-state index contributed by atoms with van der Waals surface area (Å²) in [5.74, 6) is 0.275. The second-order valence-electron chi connectivity index (χ2n) is 3.55. The molecule has 0 aromatic heterocycles. The van der Waals surface area contributed by atoms with Gasteiger partial charge in [0.25, 0.3) is 0 Å². The van der Waals surface area contributed by atoms with Crippen LogP contribution in [0.25, 0.3) is 0 Å². The highest BCUT2D eigenvalue weighted by Gasteiger charge is 2.13. The lowest BCUT2D eigenvalue weighted by molar-refractivity contribution is 0.0691. The molecule has 0 heterocycles. The maximum Gasteiger partial charge on any atom is 0.338 e. The summed E-state index contributed by atoms with van der Waals surface area (Å²) in [4.78, 5) is 11.1. The predicted octanol–water partition coefficient (Wildman–Crippen LogP) is 2.77. The highest BCUT2D eigenvalue weighted by Crippen LogP contribution is 2.15. The molecule has 1 aromatic carbocycles. The second kappa shape index (κ2) is 7.53. The molecule has 1 aromatic rings. The first-order valence-corrected chi connectivity index (χ1v) is 8.02. The van der Waals surface area contributed by atoms with E-state index in [9.17, 15) is 13.4 Å². The van der Waals surface area contributed by atoms with Crippen LogP contribution in [0.5, 0.6) is 0 Å². The Kier molecular flexibility index (Phi) is 6.35. The minimum atomic E-state index is -1.34. The first-order chi connectivity index (χ1) is 8.56. The molecule has 0 saturated heterocycles. The van der Waals surface area contributed by atoms with Crippen molar-refractivity contribution in [3.05, 3.63) is 29.6 Å². The van der Waals surface area contributed by atoms with Crippen LogP contribution in [-0.2, 0) is 10.8 Å². The monoisotopic (exact) mass is 290 g/mol. The minimum absolute atomic E-state index is 0.371. The molecule has 1 rings (SSSR count). The van der Waals surface area contributed by atoms with E-state index < -0.39 is 28.1 Å². The Bertz CT molecular complexity index is 449. The van der Waals surface area contributed by atoms with Crippen molar-refractivity contribution in [2.45, 2.75) is 18.2 Å². The van der Waals surface area contributed by atoms with E-state index >= 15 is 0 Å². The molecular weight excluding hydrogens is 275 g/mol. The normalized spacial score (nSPS) is 12.3. The molecular formula is C12H15FO3S2. The Labute approximate surface area is 112 Å². The summed E-state index contributed by atoms with van der Waals surface area (Å²) < 4.78 is 25.0. The van der Waals surface area contributed by atoms with Crippen LogP contribution in [-0.4, -0.2) is 32.5 Å². The zero-order valence-corrected chi connectivity index (χ0v) is 11.7. The van der Waals surface area contributed by atoms with Crippen LogP contribution in [0.3, 0.4) is 0 Å². The van der Waals surface area contributed by atoms with Crippen LogP contribution >= 0.6 is 11.8 Å². The first kappa shape index (κ1) is 15.2. The van der Waals surface area contributed by atoms with E-state index in [0.29, 0.717) is 10.6 Å². The van der Waals surface area contributed by atoms with Gasteiger partial charge in [0.05, 0.1) is 16.4 Å². The van der Waals surface area contributed by atoms with Gasteiger partial charge in [0.1, 0.15) is 5.82 Å². The van der Waals surface area contributed by atoms with Gasteiger partial charge in [-0.05, 0) is 36.1 Å². The summed E-state index contributed by atoms with van der Waals surface area (Å²) in [7, 11) is -1.27. The van der Waals surface area contributed by atoms with E-state index in [1.54, 1.807) is 11.8 Å². The third kappa shape index (κ3) is 4.42. The molecule has 0 aliphatic rings. The summed E-state index contributed by atoms with van der Waals surface area (Å²) in [6, 6.07) is 3.59. The van der Waals surface area contributed by atoms with Crippen molar-refractivity contribution in [1.82, 2.24) is 0 Å². The zero-order chi connectivity index (χ0) is 13.5. The largest absolute Gasteiger partial charge is 0.478 e. The number of aromatic carboxylic acids is 1. The third-order valence-electron chi connectivity index (χ3n) is 2.25. The fraction of sp³-hybridized carbons (Fsp3) is 0.417. The van der Waals surface area contributed by atoms with Crippen molar-refractivity contribution in [3.63, 3.8) is 0 Å². The predicted molar refractivity (Wildman–Crippen MR) is 72.3 cm³/mol. The van der Waals surface area contributed by atoms with Gasteiger partial charge in [-0.2, -0.15) is 11.8 Å². The van der Waals surface area contributed by atoms with Crippen molar-refractivity contribution in [3.8, 4) is 0 Å². The van der Waals surface area contributed by atoms with Crippen LogP contribution < -0.4 is 0 Å². The summed E-state index contributed by atoms with van der Waals surface area (Å²) >= 11 is 1.77. The van der Waals surface area contributed by atoms with Crippen molar-refractivity contribution < 1.29 is 18.5 Å². The molecule has 0 aliphatic carbocycles. The highest BCUT2D eigenvalue weighted by molar-refractivity contribution is 7.99. The van der Waals surface area contributed by atoms with Crippen LogP contribution in [0.2, 0.25) is 0 Å². The molecule has 0 fully saturated rings. The molecule has 18 heavy (non-hydrogen) atoms. The van der Waals surface area contributed by atoms with Gasteiger partial charge in [-0.15, -0.1) is 0 Å². The summed E-state index contributed by atoms with van der Waals surface area (Å²) in [5, 5.41) is 8.78. The standard InChI is InChI=1S/C12H15FO3S2/c1-2-17-6-3-7-18(16)9-4-5-11(13)10(8-9)12(14)15/h4-5,8H,2-3,6-7H2,1H3,(H,14,15). The van der Waals surface area contributed by atoms with Gasteiger partial charge in [-0.1, -0.05) is 6.92 Å². The molecule has 3 nitrogen and oxygen atoms in total. The number of rotatable bonds is 7. The number of hydrogen-bond acceptors (Lipinski definition) is 3. The van der Waals surface area contributed by atoms with Crippen molar-refractivity contribution in [1.29, 1.82) is 0 Å². The molecule has 0 amide bonds. The smallest absolute Gasteiger partial charge is 0.338 e. The topological polar surface area (TPSA) is 54.4 Å². The molecule has 100 valence electrons. The Balaban J connectivity index is 2.68. The molecule has 6 heteroatoms. The lowest BCUT2D eigenvalue weighted by atomic mass is 10.2. The van der Waals surface area contributed by atoms with Crippen LogP contribution in [0.4, 0.5) is 4.39 Å². The van der Waals surface area contributed by atoms with Gasteiger partial charge >= 0.3 is 5.97 Å². The summed E-state index contributed by atoms with van der Waals surface area (Å²) in [5.41, 5.74) is -0.427. The van der Waals surface area contributed by atoms with Crippen LogP contribution in [0.15, 0.2) is 23.1 Å². The molecule has 0 spiro atoms. The lowest BCUT2D eigenvalue weighted by Crippen LogP contribution is -2.05. The Hall–Kier alpha value is -0.880. The SMILES string of the molecule is CCSCCCS(=O)c1ccc(F)c(C(=O)O)c1. The Morgan fingerprint density at radius 3 is 2.83 bits per heavy atom. The fourth-order valence-electron chi connectivity index (χ4n) is 1.36. The number of halogens is 1. The average molecular weight is 290 g/mol. The molecule has 1 atom stereocenters. The van der Waals surface area contributed by atoms with Crippen molar-refractivity contribution in [2.24, 2.45) is 0 Å². The Morgan fingerprint density at radius 2 is 2.22 bits per heavy atom. The van der Waals surface area contributed by atoms with E-state index in [2.05, 4.69) is 6.92 Å². The number of thioether (sulfide) groups is 1. The number of carboxylic acid groups (broad SMARTS) is 1. The lowest BCUT2D eigenvalue weighted by Gasteiger charge is -2.04. The molecule has 0 bridgehead atoms. The maximum atomic E-state index is 13.2. The Morgan fingerprint density at radius 1 is 1.50 bits per heavy atom. The zero-order valence-electron chi connectivity index (χ0n) is 10.0. The third-order valence-corrected chi connectivity index (χ3v) is 4.68. The summed E-state index contributed by atoms with van der Waals surface area (Å²) in [6.45, 7) is 2.06. The molecule has 0 radical (unpaired) electrons. The van der Waals surface area contributed by atoms with E-state index in [4.69, 9.17) is 5.11 Å². The van der Waals surface area contributed by atoms with Gasteiger partial charge in [0, 0.05) is 10.6 Å². The van der Waals surface area contributed by atoms with E-state index in [-0.39, 0.29) is 0 Å². The van der Waals surface area contributed by atoms with Gasteiger partial charge in [0.2, 0.25) is 0 Å². The minimum Gasteiger partial charge on any atom is -0.478 e. The fourth-order valence-corrected chi connectivity index (χ4v) is 3.30. The van der Waals surface area contributed by atoms with Crippen LogP contribution in [0, 0.1) is 5.82 Å². The van der Waals surface area contributed by atoms with E-state index in [1.807, 2.05) is 0 Å². The van der Waals surface area contributed by atoms with Gasteiger partial charge in [-0.3, -0.25) is 4.21 Å². The molecule has 0 saturated carbocycles. The quantitative estimate of drug-likeness (QED) is 0.785. The van der Waals surface area contributed by atoms with Crippen LogP contribution in [0.1, 0.15) is 23.7 Å². The van der Waals surface area contributed by atoms with Crippen molar-refractivity contribution >= 4 is 28.5 Å². The first-order valence-electron chi connectivity index (χ1n) is 5.55. The highest BCUT2D eigenvalue weighted by atomic mass is 32.2. The van der Waals surface area contributed by atoms with Gasteiger partial charge < -0.3 is 5.11 Å². The number of hydrogen-bond donors (Lipinski definition) is 1. The van der Waals surface area contributed by atoms with Gasteiger partial charge in [0.15, 0.2) is 0 Å². The number of benzene rings is 1. The number of carbonyl (C=O) groups is 1. The van der Waals surface area contributed by atoms with E-state index in [1.165, 1.54) is 6.07 Å². The average Bonchev–Trinajstić information content (AvgIpc) is 2.34.